The van der Waals surface area contributed by atoms with E-state index in [2.05, 4.69) is 4.72 Å². The Kier molecular flexibility index (Phi) is 4.68. The molecule has 2 aliphatic heterocycles. The first-order valence-electron chi connectivity index (χ1n) is 6.93. The number of ether oxygens (including phenoxy) is 1. The Labute approximate surface area is 119 Å². The monoisotopic (exact) mass is 305 g/mol. The molecule has 3 N–H and O–H groups in total. The van der Waals surface area contributed by atoms with E-state index in [0.29, 0.717) is 52.0 Å². The van der Waals surface area contributed by atoms with Crippen LogP contribution < -0.4 is 10.5 Å². The second-order valence-corrected chi connectivity index (χ2v) is 7.51. The topological polar surface area (TPSA) is 102 Å². The number of hydrogen-bond acceptors (Lipinski definition) is 5. The maximum atomic E-state index is 12.5. The van der Waals surface area contributed by atoms with Crippen LogP contribution in [-0.2, 0) is 19.6 Å². The second-order valence-electron chi connectivity index (χ2n) is 5.73. The Hall–Kier alpha value is -0.700. The van der Waals surface area contributed by atoms with Gasteiger partial charge in [-0.2, -0.15) is 0 Å². The van der Waals surface area contributed by atoms with E-state index in [1.165, 1.54) is 0 Å². The molecule has 0 aromatic rings. The zero-order valence-corrected chi connectivity index (χ0v) is 12.6. The minimum Gasteiger partial charge on any atom is -0.381 e. The lowest BCUT2D eigenvalue weighted by molar-refractivity contribution is -0.141. The number of piperidine rings is 1. The van der Waals surface area contributed by atoms with Crippen LogP contribution in [0.2, 0.25) is 0 Å². The van der Waals surface area contributed by atoms with Gasteiger partial charge in [-0.25, -0.2) is 13.1 Å². The molecular formula is C12H23N3O4S. The van der Waals surface area contributed by atoms with Crippen molar-refractivity contribution in [2.24, 2.45) is 5.73 Å². The fraction of sp³-hybridized carbons (Fsp3) is 0.917. The van der Waals surface area contributed by atoms with Gasteiger partial charge in [0, 0.05) is 32.3 Å². The number of carbonyl (C=O) groups is 1. The summed E-state index contributed by atoms with van der Waals surface area (Å²) < 4.78 is 30.2. The molecule has 20 heavy (non-hydrogen) atoms. The summed E-state index contributed by atoms with van der Waals surface area (Å²) >= 11 is 0. The lowest BCUT2D eigenvalue weighted by Gasteiger charge is -2.39. The van der Waals surface area contributed by atoms with E-state index in [1.807, 2.05) is 0 Å². The third kappa shape index (κ3) is 3.91. The first-order valence-corrected chi connectivity index (χ1v) is 8.83. The first-order chi connectivity index (χ1) is 9.30. The summed E-state index contributed by atoms with van der Waals surface area (Å²) in [5, 5.41) is 0. The number of carbonyl (C=O) groups excluding carboxylic acids is 1. The van der Waals surface area contributed by atoms with E-state index < -0.39 is 15.6 Å². The van der Waals surface area contributed by atoms with Crippen LogP contribution in [0, 0.1) is 0 Å². The zero-order valence-electron chi connectivity index (χ0n) is 11.8. The fourth-order valence-electron chi connectivity index (χ4n) is 2.77. The molecule has 2 aliphatic rings. The third-order valence-corrected chi connectivity index (χ3v) is 4.74. The fourth-order valence-corrected chi connectivity index (χ4v) is 3.61. The van der Waals surface area contributed by atoms with Gasteiger partial charge < -0.3 is 15.4 Å². The summed E-state index contributed by atoms with van der Waals surface area (Å²) in [6.07, 6.45) is 3.51. The Morgan fingerprint density at radius 2 is 1.85 bits per heavy atom. The van der Waals surface area contributed by atoms with Crippen molar-refractivity contribution >= 4 is 15.9 Å². The van der Waals surface area contributed by atoms with Gasteiger partial charge in [0.1, 0.15) is 0 Å². The average Bonchev–Trinajstić information content (AvgIpc) is 2.38. The van der Waals surface area contributed by atoms with Gasteiger partial charge >= 0.3 is 0 Å². The second kappa shape index (κ2) is 5.97. The van der Waals surface area contributed by atoms with E-state index in [9.17, 15) is 13.2 Å². The largest absolute Gasteiger partial charge is 0.381 e. The Balaban J connectivity index is 1.88. The number of nitrogens with one attached hydrogen (secondary N) is 1. The van der Waals surface area contributed by atoms with Crippen LogP contribution in [0.25, 0.3) is 0 Å². The smallest absolute Gasteiger partial charge is 0.242 e. The summed E-state index contributed by atoms with van der Waals surface area (Å²) in [7, 11) is -3.19. The van der Waals surface area contributed by atoms with Crippen LogP contribution in [-0.4, -0.2) is 63.4 Å². The molecule has 0 aromatic carbocycles. The SMILES string of the molecule is CS(=O)(=O)NC1CCN(C(=O)C2(N)CCOCC2)CC1. The van der Waals surface area contributed by atoms with Crippen LogP contribution in [0.3, 0.4) is 0 Å². The standard InChI is InChI=1S/C12H23N3O4S/c1-20(17,18)14-10-2-6-15(7-3-10)11(16)12(13)4-8-19-9-5-12/h10,14H,2-9,13H2,1H3. The van der Waals surface area contributed by atoms with E-state index in [1.54, 1.807) is 4.90 Å². The van der Waals surface area contributed by atoms with Crippen molar-refractivity contribution in [3.8, 4) is 0 Å². The molecule has 2 heterocycles. The third-order valence-electron chi connectivity index (χ3n) is 3.97. The number of sulfonamides is 1. The number of amides is 1. The number of likely N-dealkylation sites (tertiary alicyclic amines) is 1. The van der Waals surface area contributed by atoms with E-state index in [4.69, 9.17) is 10.5 Å². The summed E-state index contributed by atoms with van der Waals surface area (Å²) in [6, 6.07) is -0.0857. The predicted molar refractivity (Wildman–Crippen MR) is 74.6 cm³/mol. The van der Waals surface area contributed by atoms with E-state index in [-0.39, 0.29) is 11.9 Å². The van der Waals surface area contributed by atoms with E-state index >= 15 is 0 Å². The normalized spacial score (nSPS) is 24.6. The molecule has 0 atom stereocenters. The summed E-state index contributed by atoms with van der Waals surface area (Å²) in [4.78, 5) is 14.2. The molecule has 116 valence electrons. The van der Waals surface area contributed by atoms with Crippen molar-refractivity contribution in [2.75, 3.05) is 32.6 Å². The van der Waals surface area contributed by atoms with Gasteiger partial charge in [-0.1, -0.05) is 0 Å². The maximum absolute atomic E-state index is 12.5. The Morgan fingerprint density at radius 3 is 2.35 bits per heavy atom. The highest BCUT2D eigenvalue weighted by Crippen LogP contribution is 2.22. The Morgan fingerprint density at radius 1 is 1.30 bits per heavy atom. The van der Waals surface area contributed by atoms with Crippen molar-refractivity contribution in [1.82, 2.24) is 9.62 Å². The molecule has 0 bridgehead atoms. The lowest BCUT2D eigenvalue weighted by Crippen LogP contribution is -2.60. The van der Waals surface area contributed by atoms with Crippen molar-refractivity contribution in [3.63, 3.8) is 0 Å². The van der Waals surface area contributed by atoms with Crippen molar-refractivity contribution in [1.29, 1.82) is 0 Å². The molecule has 0 aromatic heterocycles. The lowest BCUT2D eigenvalue weighted by atomic mass is 9.89. The van der Waals surface area contributed by atoms with Crippen LogP contribution >= 0.6 is 0 Å². The minimum atomic E-state index is -3.19. The maximum Gasteiger partial charge on any atom is 0.242 e. The molecule has 2 rings (SSSR count). The molecule has 1 amide bonds. The predicted octanol–water partition coefficient (Wildman–Crippen LogP) is -0.965. The van der Waals surface area contributed by atoms with Gasteiger partial charge in [0.2, 0.25) is 15.9 Å². The van der Waals surface area contributed by atoms with Crippen LogP contribution in [0.5, 0.6) is 0 Å². The van der Waals surface area contributed by atoms with Crippen molar-refractivity contribution in [3.05, 3.63) is 0 Å². The Bertz CT molecular complexity index is 451. The first kappa shape index (κ1) is 15.7. The van der Waals surface area contributed by atoms with Crippen LogP contribution in [0.4, 0.5) is 0 Å². The molecule has 2 saturated heterocycles. The summed E-state index contributed by atoms with van der Waals surface area (Å²) in [5.41, 5.74) is 5.38. The van der Waals surface area contributed by atoms with Gasteiger partial charge in [-0.3, -0.25) is 4.79 Å². The summed E-state index contributed by atoms with van der Waals surface area (Å²) in [5.74, 6) is -0.0291. The van der Waals surface area contributed by atoms with Crippen molar-refractivity contribution < 1.29 is 17.9 Å². The van der Waals surface area contributed by atoms with Crippen LogP contribution in [0.1, 0.15) is 25.7 Å². The molecule has 0 aliphatic carbocycles. The number of hydrogen-bond donors (Lipinski definition) is 2. The molecule has 8 heteroatoms. The van der Waals surface area contributed by atoms with Gasteiger partial charge in [0.25, 0.3) is 0 Å². The highest BCUT2D eigenvalue weighted by molar-refractivity contribution is 7.88. The number of rotatable bonds is 3. The minimum absolute atomic E-state index is 0.0291. The molecule has 2 fully saturated rings. The van der Waals surface area contributed by atoms with Gasteiger partial charge in [-0.05, 0) is 25.7 Å². The molecule has 7 nitrogen and oxygen atoms in total. The van der Waals surface area contributed by atoms with Crippen molar-refractivity contribution in [2.45, 2.75) is 37.3 Å². The van der Waals surface area contributed by atoms with Gasteiger partial charge in [0.05, 0.1) is 11.8 Å². The van der Waals surface area contributed by atoms with Gasteiger partial charge in [0.15, 0.2) is 0 Å². The molecule has 0 unspecified atom stereocenters. The van der Waals surface area contributed by atoms with Gasteiger partial charge in [-0.15, -0.1) is 0 Å². The molecule has 0 saturated carbocycles. The zero-order chi connectivity index (χ0) is 14.8. The number of nitrogens with two attached hydrogens (primary N) is 1. The number of nitrogens with zero attached hydrogens (tertiary/aromatic N) is 1. The highest BCUT2D eigenvalue weighted by atomic mass is 32.2. The molecule has 0 spiro atoms. The molecular weight excluding hydrogens is 282 g/mol. The van der Waals surface area contributed by atoms with E-state index in [0.717, 1.165) is 6.26 Å². The molecule has 0 radical (unpaired) electrons. The quantitative estimate of drug-likeness (QED) is 0.699. The van der Waals surface area contributed by atoms with Crippen LogP contribution in [0.15, 0.2) is 0 Å². The summed E-state index contributed by atoms with van der Waals surface area (Å²) in [6.45, 7) is 2.14. The highest BCUT2D eigenvalue weighted by Gasteiger charge is 2.40. The average molecular weight is 305 g/mol.